The van der Waals surface area contributed by atoms with E-state index in [1.165, 1.54) is 24.0 Å². The number of carbonyl (C=O) groups excluding carboxylic acids is 2. The molecule has 2 aromatic carbocycles. The zero-order valence-electron chi connectivity index (χ0n) is 15.1. The van der Waals surface area contributed by atoms with Crippen molar-refractivity contribution < 1.29 is 24.2 Å². The van der Waals surface area contributed by atoms with Gasteiger partial charge in [-0.05, 0) is 64.1 Å². The maximum atomic E-state index is 12.8. The SMILES string of the molecule is CC(=O)c1ccc(N(C(=O)OC(C)(C)C)c2ccccc2C(=O)O)cc1. The van der Waals surface area contributed by atoms with E-state index >= 15 is 0 Å². The van der Waals surface area contributed by atoms with E-state index in [0.717, 1.165) is 0 Å². The molecule has 0 radical (unpaired) electrons. The number of nitrogens with zero attached hydrogens (tertiary/aromatic N) is 1. The molecular weight excluding hydrogens is 334 g/mol. The summed E-state index contributed by atoms with van der Waals surface area (Å²) in [4.78, 5) is 37.1. The average molecular weight is 355 g/mol. The number of benzene rings is 2. The lowest BCUT2D eigenvalue weighted by molar-refractivity contribution is 0.0599. The summed E-state index contributed by atoms with van der Waals surface area (Å²) in [6.45, 7) is 6.63. The molecule has 0 aliphatic heterocycles. The molecule has 136 valence electrons. The number of hydrogen-bond acceptors (Lipinski definition) is 4. The van der Waals surface area contributed by atoms with Crippen molar-refractivity contribution in [3.05, 3.63) is 59.7 Å². The number of anilines is 2. The lowest BCUT2D eigenvalue weighted by Crippen LogP contribution is -2.34. The Hall–Kier alpha value is -3.15. The number of Topliss-reactive ketones (excluding diaryl/α,β-unsaturated/α-hetero) is 1. The number of aromatic carboxylic acids is 1. The van der Waals surface area contributed by atoms with Crippen molar-refractivity contribution in [3.63, 3.8) is 0 Å². The van der Waals surface area contributed by atoms with E-state index in [0.29, 0.717) is 11.3 Å². The number of carboxylic acids is 1. The highest BCUT2D eigenvalue weighted by molar-refractivity contribution is 6.04. The Balaban J connectivity index is 2.58. The third-order valence-corrected chi connectivity index (χ3v) is 3.48. The third-order valence-electron chi connectivity index (χ3n) is 3.48. The first-order valence-electron chi connectivity index (χ1n) is 8.06. The summed E-state index contributed by atoms with van der Waals surface area (Å²) in [7, 11) is 0. The average Bonchev–Trinajstić information content (AvgIpc) is 2.54. The standard InChI is InChI=1S/C20H21NO5/c1-13(22)14-9-11-15(12-10-14)21(19(25)26-20(2,3)4)17-8-6-5-7-16(17)18(23)24/h5-12H,1-4H3,(H,23,24). The van der Waals surface area contributed by atoms with E-state index in [4.69, 9.17) is 4.74 Å². The molecule has 0 saturated carbocycles. The Morgan fingerprint density at radius 2 is 1.54 bits per heavy atom. The van der Waals surface area contributed by atoms with Crippen LogP contribution in [0.15, 0.2) is 48.5 Å². The predicted octanol–water partition coefficient (Wildman–Crippen LogP) is 4.66. The minimum Gasteiger partial charge on any atom is -0.478 e. The van der Waals surface area contributed by atoms with Crippen LogP contribution in [0.2, 0.25) is 0 Å². The first kappa shape index (κ1) is 19.2. The van der Waals surface area contributed by atoms with Crippen molar-refractivity contribution in [3.8, 4) is 0 Å². The maximum Gasteiger partial charge on any atom is 0.419 e. The molecule has 1 N–H and O–H groups in total. The summed E-state index contributed by atoms with van der Waals surface area (Å²) in [6, 6.07) is 12.5. The molecule has 0 unspecified atom stereocenters. The van der Waals surface area contributed by atoms with Crippen molar-refractivity contribution in [2.75, 3.05) is 4.90 Å². The fourth-order valence-corrected chi connectivity index (χ4v) is 2.35. The Labute approximate surface area is 152 Å². The number of hydrogen-bond donors (Lipinski definition) is 1. The first-order chi connectivity index (χ1) is 12.1. The molecular formula is C20H21NO5. The zero-order valence-corrected chi connectivity index (χ0v) is 15.1. The number of para-hydroxylation sites is 1. The van der Waals surface area contributed by atoms with E-state index in [2.05, 4.69) is 0 Å². The van der Waals surface area contributed by atoms with Gasteiger partial charge in [0.2, 0.25) is 0 Å². The largest absolute Gasteiger partial charge is 0.478 e. The first-order valence-corrected chi connectivity index (χ1v) is 8.06. The van der Waals surface area contributed by atoms with Crippen molar-refractivity contribution in [2.45, 2.75) is 33.3 Å². The van der Waals surface area contributed by atoms with E-state index in [1.807, 2.05) is 0 Å². The van der Waals surface area contributed by atoms with Crippen LogP contribution < -0.4 is 4.90 Å². The van der Waals surface area contributed by atoms with Crippen LogP contribution in [-0.4, -0.2) is 28.6 Å². The summed E-state index contributed by atoms with van der Waals surface area (Å²) in [5.74, 6) is -1.26. The molecule has 1 amide bonds. The number of carboxylic acid groups (broad SMARTS) is 1. The van der Waals surface area contributed by atoms with Gasteiger partial charge in [0.25, 0.3) is 0 Å². The Morgan fingerprint density at radius 3 is 2.04 bits per heavy atom. The van der Waals surface area contributed by atoms with Gasteiger partial charge in [0, 0.05) is 5.56 Å². The Bertz CT molecular complexity index is 834. The van der Waals surface area contributed by atoms with Gasteiger partial charge < -0.3 is 9.84 Å². The van der Waals surface area contributed by atoms with Gasteiger partial charge >= 0.3 is 12.1 Å². The Morgan fingerprint density at radius 1 is 0.962 bits per heavy atom. The summed E-state index contributed by atoms with van der Waals surface area (Å²) < 4.78 is 5.45. The molecule has 2 aromatic rings. The minimum absolute atomic E-state index is 0.0333. The van der Waals surface area contributed by atoms with E-state index in [-0.39, 0.29) is 17.0 Å². The fourth-order valence-electron chi connectivity index (χ4n) is 2.35. The molecule has 26 heavy (non-hydrogen) atoms. The molecule has 0 atom stereocenters. The van der Waals surface area contributed by atoms with Crippen LogP contribution in [0.25, 0.3) is 0 Å². The molecule has 0 aliphatic rings. The summed E-state index contributed by atoms with van der Waals surface area (Å²) in [6.07, 6.45) is -0.707. The van der Waals surface area contributed by atoms with E-state index < -0.39 is 17.7 Å². The summed E-state index contributed by atoms with van der Waals surface area (Å²) >= 11 is 0. The van der Waals surface area contributed by atoms with Crippen LogP contribution >= 0.6 is 0 Å². The van der Waals surface area contributed by atoms with Gasteiger partial charge in [-0.2, -0.15) is 0 Å². The molecule has 6 heteroatoms. The molecule has 0 spiro atoms. The summed E-state index contributed by atoms with van der Waals surface area (Å²) in [5.41, 5.74) is 0.286. The number of ether oxygens (including phenoxy) is 1. The van der Waals surface area contributed by atoms with Crippen molar-refractivity contribution >= 4 is 29.2 Å². The van der Waals surface area contributed by atoms with Gasteiger partial charge in [-0.1, -0.05) is 12.1 Å². The van der Waals surface area contributed by atoms with Crippen molar-refractivity contribution in [1.29, 1.82) is 0 Å². The van der Waals surface area contributed by atoms with Crippen LogP contribution in [0.3, 0.4) is 0 Å². The fraction of sp³-hybridized carbons (Fsp3) is 0.250. The van der Waals surface area contributed by atoms with Gasteiger partial charge in [-0.25, -0.2) is 14.5 Å². The van der Waals surface area contributed by atoms with Crippen LogP contribution in [0, 0.1) is 0 Å². The summed E-state index contributed by atoms with van der Waals surface area (Å²) in [5, 5.41) is 9.47. The Kier molecular flexibility index (Phi) is 5.45. The molecule has 0 aromatic heterocycles. The second-order valence-corrected chi connectivity index (χ2v) is 6.74. The number of rotatable bonds is 4. The van der Waals surface area contributed by atoms with Gasteiger partial charge in [0.05, 0.1) is 16.9 Å². The molecule has 0 bridgehead atoms. The highest BCUT2D eigenvalue weighted by Crippen LogP contribution is 2.31. The van der Waals surface area contributed by atoms with Crippen LogP contribution in [-0.2, 0) is 4.74 Å². The zero-order chi connectivity index (χ0) is 19.5. The molecule has 0 saturated heterocycles. The molecule has 6 nitrogen and oxygen atoms in total. The normalized spacial score (nSPS) is 10.9. The van der Waals surface area contributed by atoms with Crippen molar-refractivity contribution in [2.24, 2.45) is 0 Å². The minimum atomic E-state index is -1.16. The van der Waals surface area contributed by atoms with Gasteiger partial charge in [-0.3, -0.25) is 4.79 Å². The van der Waals surface area contributed by atoms with E-state index in [9.17, 15) is 19.5 Å². The van der Waals surface area contributed by atoms with Gasteiger partial charge in [0.15, 0.2) is 5.78 Å². The lowest BCUT2D eigenvalue weighted by atomic mass is 10.1. The maximum absolute atomic E-state index is 12.8. The molecule has 0 fully saturated rings. The van der Waals surface area contributed by atoms with E-state index in [1.54, 1.807) is 57.2 Å². The van der Waals surface area contributed by atoms with Crippen LogP contribution in [0.1, 0.15) is 48.4 Å². The molecule has 0 heterocycles. The predicted molar refractivity (Wildman–Crippen MR) is 98.2 cm³/mol. The number of carbonyl (C=O) groups is 3. The molecule has 0 aliphatic carbocycles. The quantitative estimate of drug-likeness (QED) is 0.806. The smallest absolute Gasteiger partial charge is 0.419 e. The van der Waals surface area contributed by atoms with Gasteiger partial charge in [-0.15, -0.1) is 0 Å². The van der Waals surface area contributed by atoms with Crippen LogP contribution in [0.5, 0.6) is 0 Å². The number of amides is 1. The second kappa shape index (κ2) is 7.39. The monoisotopic (exact) mass is 355 g/mol. The second-order valence-electron chi connectivity index (χ2n) is 6.74. The molecule has 2 rings (SSSR count). The third kappa shape index (κ3) is 4.47. The topological polar surface area (TPSA) is 83.9 Å². The van der Waals surface area contributed by atoms with Crippen molar-refractivity contribution in [1.82, 2.24) is 0 Å². The highest BCUT2D eigenvalue weighted by Gasteiger charge is 2.28. The van der Waals surface area contributed by atoms with Crippen LogP contribution in [0.4, 0.5) is 16.2 Å². The number of ketones is 1. The van der Waals surface area contributed by atoms with Gasteiger partial charge in [0.1, 0.15) is 5.60 Å². The highest BCUT2D eigenvalue weighted by atomic mass is 16.6. The lowest BCUT2D eigenvalue weighted by Gasteiger charge is -2.28.